The zero-order valence-electron chi connectivity index (χ0n) is 14.7. The molecule has 0 aliphatic heterocycles. The highest BCUT2D eigenvalue weighted by Crippen LogP contribution is 2.19. The highest BCUT2D eigenvalue weighted by Gasteiger charge is 2.15. The first-order chi connectivity index (χ1) is 11.6. The van der Waals surface area contributed by atoms with Crippen LogP contribution in [-0.2, 0) is 6.42 Å². The molecule has 3 rings (SSSR count). The number of hydrogen-bond donors (Lipinski definition) is 2. The fraction of sp³-hybridized carbons (Fsp3) is 0.579. The Labute approximate surface area is 143 Å². The van der Waals surface area contributed by atoms with Crippen LogP contribution in [0.5, 0.6) is 0 Å². The first kappa shape index (κ1) is 16.8. The molecule has 1 heterocycles. The number of benzene rings is 1. The maximum Gasteiger partial charge on any atom is 0.315 e. The normalized spacial score (nSPS) is 15.8. The number of hydrogen-bond acceptors (Lipinski definition) is 2. The van der Waals surface area contributed by atoms with Crippen molar-refractivity contribution in [3.8, 4) is 0 Å². The van der Waals surface area contributed by atoms with E-state index >= 15 is 0 Å². The molecule has 0 unspecified atom stereocenters. The van der Waals surface area contributed by atoms with E-state index in [1.54, 1.807) is 0 Å². The first-order valence-corrected chi connectivity index (χ1v) is 9.13. The lowest BCUT2D eigenvalue weighted by Gasteiger charge is -2.22. The number of imidazole rings is 1. The zero-order chi connectivity index (χ0) is 16.9. The molecule has 2 amide bonds. The van der Waals surface area contributed by atoms with Gasteiger partial charge in [-0.2, -0.15) is 0 Å². The Morgan fingerprint density at radius 1 is 1.29 bits per heavy atom. The van der Waals surface area contributed by atoms with Crippen molar-refractivity contribution < 1.29 is 4.79 Å². The molecule has 0 radical (unpaired) electrons. The summed E-state index contributed by atoms with van der Waals surface area (Å²) in [7, 11) is 0. The summed E-state index contributed by atoms with van der Waals surface area (Å²) in [5, 5.41) is 6.06. The van der Waals surface area contributed by atoms with Gasteiger partial charge in [0.05, 0.1) is 17.4 Å². The molecule has 1 fully saturated rings. The Morgan fingerprint density at radius 2 is 2.08 bits per heavy atom. The van der Waals surface area contributed by atoms with Crippen molar-refractivity contribution in [3.63, 3.8) is 0 Å². The zero-order valence-corrected chi connectivity index (χ0v) is 14.7. The van der Waals surface area contributed by atoms with Gasteiger partial charge in [0.2, 0.25) is 0 Å². The van der Waals surface area contributed by atoms with Crippen LogP contribution in [0.25, 0.3) is 11.0 Å². The predicted octanol–water partition coefficient (Wildman–Crippen LogP) is 3.79. The highest BCUT2D eigenvalue weighted by atomic mass is 16.2. The fourth-order valence-corrected chi connectivity index (χ4v) is 3.45. The van der Waals surface area contributed by atoms with Crippen LogP contribution in [0.1, 0.15) is 57.6 Å². The summed E-state index contributed by atoms with van der Waals surface area (Å²) >= 11 is 0. The van der Waals surface area contributed by atoms with Crippen LogP contribution in [0.3, 0.4) is 0 Å². The van der Waals surface area contributed by atoms with Gasteiger partial charge in [0.1, 0.15) is 0 Å². The lowest BCUT2D eigenvalue weighted by atomic mass is 9.96. The fourth-order valence-electron chi connectivity index (χ4n) is 3.45. The van der Waals surface area contributed by atoms with E-state index in [1.807, 2.05) is 6.33 Å². The number of urea groups is 1. The van der Waals surface area contributed by atoms with E-state index in [0.29, 0.717) is 18.6 Å². The number of nitrogens with one attached hydrogen (secondary N) is 2. The third-order valence-electron chi connectivity index (χ3n) is 4.84. The lowest BCUT2D eigenvalue weighted by Crippen LogP contribution is -2.43. The van der Waals surface area contributed by atoms with E-state index in [1.165, 1.54) is 24.8 Å². The summed E-state index contributed by atoms with van der Waals surface area (Å²) in [5.41, 5.74) is 3.39. The van der Waals surface area contributed by atoms with Crippen LogP contribution in [-0.4, -0.2) is 28.2 Å². The van der Waals surface area contributed by atoms with Crippen LogP contribution >= 0.6 is 0 Å². The standard InChI is InChI=1S/C19H28N4O/c1-14(2)23-13-21-17-12-15(8-9-18(17)23)10-11-20-19(24)22-16-6-4-3-5-7-16/h8-9,12-14,16H,3-7,10-11H2,1-2H3,(H2,20,22,24). The van der Waals surface area contributed by atoms with Crippen molar-refractivity contribution in [2.75, 3.05) is 6.54 Å². The number of carbonyl (C=O) groups excluding carboxylic acids is 1. The topological polar surface area (TPSA) is 59.0 Å². The smallest absolute Gasteiger partial charge is 0.315 e. The van der Waals surface area contributed by atoms with Crippen LogP contribution in [0, 0.1) is 0 Å². The second-order valence-electron chi connectivity index (χ2n) is 7.05. The highest BCUT2D eigenvalue weighted by molar-refractivity contribution is 5.76. The average Bonchev–Trinajstić information content (AvgIpc) is 2.99. The van der Waals surface area contributed by atoms with Gasteiger partial charge in [-0.25, -0.2) is 9.78 Å². The Kier molecular flexibility index (Phi) is 5.38. The van der Waals surface area contributed by atoms with Crippen molar-refractivity contribution in [2.24, 2.45) is 0 Å². The van der Waals surface area contributed by atoms with Crippen molar-refractivity contribution in [3.05, 3.63) is 30.1 Å². The largest absolute Gasteiger partial charge is 0.338 e. The molecule has 0 atom stereocenters. The maximum absolute atomic E-state index is 12.0. The van der Waals surface area contributed by atoms with Crippen LogP contribution in [0.2, 0.25) is 0 Å². The van der Waals surface area contributed by atoms with Crippen LogP contribution in [0.15, 0.2) is 24.5 Å². The van der Waals surface area contributed by atoms with E-state index in [2.05, 4.69) is 52.2 Å². The van der Waals surface area contributed by atoms with Gasteiger partial charge in [0, 0.05) is 18.6 Å². The van der Waals surface area contributed by atoms with Crippen molar-refractivity contribution >= 4 is 17.1 Å². The maximum atomic E-state index is 12.0. The number of aromatic nitrogens is 2. The van der Waals surface area contributed by atoms with Gasteiger partial charge in [0.25, 0.3) is 0 Å². The number of fused-ring (bicyclic) bond motifs is 1. The monoisotopic (exact) mass is 328 g/mol. The van der Waals surface area contributed by atoms with Crippen molar-refractivity contribution in [2.45, 2.75) is 64.5 Å². The lowest BCUT2D eigenvalue weighted by molar-refractivity contribution is 0.233. The number of nitrogens with zero attached hydrogens (tertiary/aromatic N) is 2. The number of rotatable bonds is 5. The molecule has 1 aliphatic rings. The molecular weight excluding hydrogens is 300 g/mol. The molecule has 1 saturated carbocycles. The molecule has 5 nitrogen and oxygen atoms in total. The van der Waals surface area contributed by atoms with E-state index < -0.39 is 0 Å². The van der Waals surface area contributed by atoms with Crippen LogP contribution in [0.4, 0.5) is 4.79 Å². The number of amides is 2. The molecule has 2 aromatic rings. The molecule has 1 aliphatic carbocycles. The third-order valence-corrected chi connectivity index (χ3v) is 4.84. The average molecular weight is 328 g/mol. The summed E-state index contributed by atoms with van der Waals surface area (Å²) in [6.45, 7) is 4.96. The molecule has 0 bridgehead atoms. The van der Waals surface area contributed by atoms with Gasteiger partial charge in [-0.15, -0.1) is 0 Å². The molecule has 130 valence electrons. The third kappa shape index (κ3) is 4.08. The quantitative estimate of drug-likeness (QED) is 0.877. The molecule has 24 heavy (non-hydrogen) atoms. The Bertz CT molecular complexity index is 686. The summed E-state index contributed by atoms with van der Waals surface area (Å²) in [6, 6.07) is 7.10. The van der Waals surface area contributed by atoms with E-state index in [0.717, 1.165) is 30.3 Å². The minimum atomic E-state index is -0.0351. The second-order valence-corrected chi connectivity index (χ2v) is 7.05. The predicted molar refractivity (Wildman–Crippen MR) is 97.2 cm³/mol. The van der Waals surface area contributed by atoms with Crippen LogP contribution < -0.4 is 10.6 Å². The molecular formula is C19H28N4O. The van der Waals surface area contributed by atoms with E-state index in [4.69, 9.17) is 0 Å². The molecule has 0 saturated heterocycles. The second kappa shape index (κ2) is 7.69. The minimum absolute atomic E-state index is 0.0351. The summed E-state index contributed by atoms with van der Waals surface area (Å²) < 4.78 is 2.18. The Morgan fingerprint density at radius 3 is 2.83 bits per heavy atom. The van der Waals surface area contributed by atoms with Gasteiger partial charge in [-0.1, -0.05) is 25.3 Å². The first-order valence-electron chi connectivity index (χ1n) is 9.13. The summed E-state index contributed by atoms with van der Waals surface area (Å²) in [4.78, 5) is 16.4. The van der Waals surface area contributed by atoms with Gasteiger partial charge < -0.3 is 15.2 Å². The molecule has 2 N–H and O–H groups in total. The number of carbonyl (C=O) groups is 1. The SMILES string of the molecule is CC(C)n1cnc2cc(CCNC(=O)NC3CCCCC3)ccc21. The van der Waals surface area contributed by atoms with E-state index in [-0.39, 0.29) is 6.03 Å². The summed E-state index contributed by atoms with van der Waals surface area (Å²) in [5.74, 6) is 0. The van der Waals surface area contributed by atoms with Crippen molar-refractivity contribution in [1.82, 2.24) is 20.2 Å². The van der Waals surface area contributed by atoms with Crippen molar-refractivity contribution in [1.29, 1.82) is 0 Å². The molecule has 1 aromatic heterocycles. The minimum Gasteiger partial charge on any atom is -0.338 e. The Hall–Kier alpha value is -2.04. The Balaban J connectivity index is 1.49. The van der Waals surface area contributed by atoms with Gasteiger partial charge in [0.15, 0.2) is 0 Å². The summed E-state index contributed by atoms with van der Waals surface area (Å²) in [6.07, 6.45) is 8.71. The molecule has 0 spiro atoms. The molecule has 5 heteroatoms. The van der Waals surface area contributed by atoms with Gasteiger partial charge >= 0.3 is 6.03 Å². The molecule has 1 aromatic carbocycles. The van der Waals surface area contributed by atoms with Gasteiger partial charge in [-0.05, 0) is 50.8 Å². The van der Waals surface area contributed by atoms with Gasteiger partial charge in [-0.3, -0.25) is 0 Å². The van der Waals surface area contributed by atoms with E-state index in [9.17, 15) is 4.79 Å².